The van der Waals surface area contributed by atoms with E-state index in [0.717, 1.165) is 18.2 Å². The minimum absolute atomic E-state index is 0.0635. The molecule has 0 aliphatic heterocycles. The van der Waals surface area contributed by atoms with Gasteiger partial charge in [-0.3, -0.25) is 0 Å². The molecule has 0 amide bonds. The van der Waals surface area contributed by atoms with Crippen LogP contribution in [0.1, 0.15) is 18.1 Å². The molecule has 26 heavy (non-hydrogen) atoms. The quantitative estimate of drug-likeness (QED) is 0.561. The lowest BCUT2D eigenvalue weighted by Crippen LogP contribution is -2.05. The summed E-state index contributed by atoms with van der Waals surface area (Å²) in [5.41, 5.74) is 0.105. The molecular formula is C17H13ClF3NO4. The molecule has 5 nitrogen and oxygen atoms in total. The van der Waals surface area contributed by atoms with Gasteiger partial charge < -0.3 is 14.7 Å². The van der Waals surface area contributed by atoms with Gasteiger partial charge in [0.2, 0.25) is 6.61 Å². The zero-order valence-corrected chi connectivity index (χ0v) is 14.1. The minimum Gasteiger partial charge on any atom is -0.479 e. The zero-order chi connectivity index (χ0) is 19.3. The van der Waals surface area contributed by atoms with Crippen LogP contribution in [0, 0.1) is 0 Å². The molecule has 0 aliphatic rings. The van der Waals surface area contributed by atoms with Crippen LogP contribution in [0.5, 0.6) is 11.5 Å². The number of aliphatic carboxylic acids is 1. The van der Waals surface area contributed by atoms with Crippen molar-refractivity contribution in [3.8, 4) is 11.5 Å². The fourth-order valence-electron chi connectivity index (χ4n) is 1.91. The number of benzene rings is 2. The van der Waals surface area contributed by atoms with Crippen molar-refractivity contribution >= 4 is 23.3 Å². The number of alkyl halides is 3. The number of oxime groups is 1. The number of ether oxygens (including phenoxy) is 1. The van der Waals surface area contributed by atoms with Gasteiger partial charge in [-0.25, -0.2) is 4.79 Å². The normalized spacial score (nSPS) is 12.0. The van der Waals surface area contributed by atoms with Crippen molar-refractivity contribution in [2.45, 2.75) is 13.1 Å². The largest absolute Gasteiger partial charge is 0.479 e. The fourth-order valence-corrected chi connectivity index (χ4v) is 2.13. The number of nitrogens with zero attached hydrogens (tertiary/aromatic N) is 1. The summed E-state index contributed by atoms with van der Waals surface area (Å²) in [7, 11) is 0. The van der Waals surface area contributed by atoms with Crippen molar-refractivity contribution in [2.75, 3.05) is 6.61 Å². The molecule has 0 spiro atoms. The Morgan fingerprint density at radius 3 is 2.58 bits per heavy atom. The third-order valence-corrected chi connectivity index (χ3v) is 3.42. The van der Waals surface area contributed by atoms with Gasteiger partial charge in [0.1, 0.15) is 11.5 Å². The molecule has 0 aliphatic carbocycles. The van der Waals surface area contributed by atoms with Crippen LogP contribution < -0.4 is 4.74 Å². The summed E-state index contributed by atoms with van der Waals surface area (Å²) in [6.45, 7) is 1.03. The number of hydrogen-bond donors (Lipinski definition) is 1. The van der Waals surface area contributed by atoms with Crippen LogP contribution in [0.4, 0.5) is 13.2 Å². The molecule has 0 radical (unpaired) electrons. The molecule has 0 fully saturated rings. The third kappa shape index (κ3) is 5.38. The van der Waals surface area contributed by atoms with E-state index in [0.29, 0.717) is 17.0 Å². The Balaban J connectivity index is 2.17. The summed E-state index contributed by atoms with van der Waals surface area (Å²) in [4.78, 5) is 15.0. The predicted octanol–water partition coefficient (Wildman–Crippen LogP) is 4.98. The number of carbonyl (C=O) groups is 1. The Labute approximate surface area is 151 Å². The van der Waals surface area contributed by atoms with Gasteiger partial charge in [-0.1, -0.05) is 28.9 Å². The van der Waals surface area contributed by atoms with Gasteiger partial charge in [-0.05, 0) is 37.3 Å². The summed E-state index contributed by atoms with van der Waals surface area (Å²) in [6.07, 6.45) is -4.49. The predicted molar refractivity (Wildman–Crippen MR) is 88.8 cm³/mol. The van der Waals surface area contributed by atoms with Crippen LogP contribution in [0.2, 0.25) is 5.02 Å². The van der Waals surface area contributed by atoms with Crippen molar-refractivity contribution in [1.82, 2.24) is 0 Å². The second-order valence-corrected chi connectivity index (χ2v) is 5.52. The number of halogens is 4. The van der Waals surface area contributed by atoms with Gasteiger partial charge in [-0.2, -0.15) is 13.2 Å². The molecule has 0 unspecified atom stereocenters. The van der Waals surface area contributed by atoms with Gasteiger partial charge in [-0.15, -0.1) is 0 Å². The number of hydrogen-bond acceptors (Lipinski definition) is 4. The highest BCUT2D eigenvalue weighted by Gasteiger charge is 2.31. The van der Waals surface area contributed by atoms with E-state index in [1.165, 1.54) is 0 Å². The van der Waals surface area contributed by atoms with Crippen LogP contribution in [-0.2, 0) is 15.8 Å². The van der Waals surface area contributed by atoms with E-state index in [1.54, 1.807) is 31.2 Å². The first-order valence-corrected chi connectivity index (χ1v) is 7.58. The van der Waals surface area contributed by atoms with E-state index in [9.17, 15) is 18.0 Å². The summed E-state index contributed by atoms with van der Waals surface area (Å²) < 4.78 is 43.5. The minimum atomic E-state index is -4.49. The summed E-state index contributed by atoms with van der Waals surface area (Å²) in [6, 6.07) is 9.27. The van der Waals surface area contributed by atoms with E-state index in [4.69, 9.17) is 21.4 Å². The van der Waals surface area contributed by atoms with E-state index in [-0.39, 0.29) is 10.8 Å². The van der Waals surface area contributed by atoms with E-state index < -0.39 is 24.3 Å². The monoisotopic (exact) mass is 387 g/mol. The molecule has 138 valence electrons. The molecule has 0 heterocycles. The zero-order valence-electron chi connectivity index (χ0n) is 13.4. The van der Waals surface area contributed by atoms with Gasteiger partial charge in [0.25, 0.3) is 0 Å². The second kappa shape index (κ2) is 8.09. The third-order valence-electron chi connectivity index (χ3n) is 3.13. The molecule has 1 N–H and O–H groups in total. The molecule has 2 aromatic rings. The summed E-state index contributed by atoms with van der Waals surface area (Å²) in [5.74, 6) is -0.777. The van der Waals surface area contributed by atoms with Crippen molar-refractivity contribution in [1.29, 1.82) is 0 Å². The van der Waals surface area contributed by atoms with E-state index in [2.05, 4.69) is 9.99 Å². The van der Waals surface area contributed by atoms with Crippen LogP contribution in [-0.4, -0.2) is 23.4 Å². The van der Waals surface area contributed by atoms with E-state index >= 15 is 0 Å². The Hall–Kier alpha value is -2.74. The van der Waals surface area contributed by atoms with Gasteiger partial charge in [0.15, 0.2) is 0 Å². The molecule has 0 atom stereocenters. The first-order valence-electron chi connectivity index (χ1n) is 7.20. The second-order valence-electron chi connectivity index (χ2n) is 5.12. The molecule has 0 saturated carbocycles. The van der Waals surface area contributed by atoms with Crippen LogP contribution >= 0.6 is 11.6 Å². The molecule has 9 heteroatoms. The Morgan fingerprint density at radius 2 is 1.96 bits per heavy atom. The molecule has 0 aromatic heterocycles. The molecule has 0 saturated heterocycles. The molecular weight excluding hydrogens is 375 g/mol. The van der Waals surface area contributed by atoms with Gasteiger partial charge >= 0.3 is 12.1 Å². The highest BCUT2D eigenvalue weighted by molar-refractivity contribution is 6.32. The lowest BCUT2D eigenvalue weighted by atomic mass is 10.1. The topological polar surface area (TPSA) is 68.1 Å². The molecule has 0 bridgehead atoms. The lowest BCUT2D eigenvalue weighted by Gasteiger charge is -2.12. The summed E-state index contributed by atoms with van der Waals surface area (Å²) >= 11 is 5.86. The van der Waals surface area contributed by atoms with Gasteiger partial charge in [0, 0.05) is 5.56 Å². The van der Waals surface area contributed by atoms with Crippen molar-refractivity contribution in [3.05, 3.63) is 58.6 Å². The first kappa shape index (κ1) is 19.6. The molecule has 2 aromatic carbocycles. The maximum absolute atomic E-state index is 12.7. The average Bonchev–Trinajstić information content (AvgIpc) is 2.55. The van der Waals surface area contributed by atoms with Crippen molar-refractivity contribution in [3.63, 3.8) is 0 Å². The molecule has 2 rings (SSSR count). The Bertz CT molecular complexity index is 837. The maximum Gasteiger partial charge on any atom is 0.416 e. The average molecular weight is 388 g/mol. The van der Waals surface area contributed by atoms with Crippen LogP contribution in [0.15, 0.2) is 47.6 Å². The number of carboxylic acid groups (broad SMARTS) is 1. The number of carboxylic acids is 1. The van der Waals surface area contributed by atoms with Crippen LogP contribution in [0.25, 0.3) is 0 Å². The fraction of sp³-hybridized carbons (Fsp3) is 0.176. The van der Waals surface area contributed by atoms with Crippen molar-refractivity contribution < 1.29 is 32.6 Å². The van der Waals surface area contributed by atoms with Crippen molar-refractivity contribution in [2.24, 2.45) is 5.16 Å². The maximum atomic E-state index is 12.7. The number of rotatable bonds is 6. The highest BCUT2D eigenvalue weighted by Crippen LogP contribution is 2.36. The standard InChI is InChI=1S/C17H13ClF3NO4/c1-10(22-25-9-16(23)24)11-3-2-4-13(7-11)26-15-6-5-12(8-14(15)18)17(19,20)21/h2-8H,9H2,1H3,(H,23,24)/b22-10+. The SMILES string of the molecule is C/C(=N\OCC(=O)O)c1cccc(Oc2ccc(C(F)(F)F)cc2Cl)c1. The Morgan fingerprint density at radius 1 is 1.23 bits per heavy atom. The first-order chi connectivity index (χ1) is 12.2. The van der Waals surface area contributed by atoms with Crippen LogP contribution in [0.3, 0.4) is 0 Å². The van der Waals surface area contributed by atoms with E-state index in [1.807, 2.05) is 0 Å². The van der Waals surface area contributed by atoms with Gasteiger partial charge in [0.05, 0.1) is 16.3 Å². The Kier molecular flexibility index (Phi) is 6.10. The summed E-state index contributed by atoms with van der Waals surface area (Å²) in [5, 5.41) is 12.0. The lowest BCUT2D eigenvalue weighted by molar-refractivity contribution is -0.142. The highest BCUT2D eigenvalue weighted by atomic mass is 35.5. The smallest absolute Gasteiger partial charge is 0.416 e.